The van der Waals surface area contributed by atoms with Crippen molar-refractivity contribution in [2.45, 2.75) is 6.18 Å². The van der Waals surface area contributed by atoms with Crippen LogP contribution in [0.3, 0.4) is 0 Å². The van der Waals surface area contributed by atoms with Gasteiger partial charge in [0.2, 0.25) is 0 Å². The molecule has 1 aromatic heterocycles. The van der Waals surface area contributed by atoms with Crippen molar-refractivity contribution in [1.82, 2.24) is 4.98 Å². The summed E-state index contributed by atoms with van der Waals surface area (Å²) < 4.78 is 71.8. The second-order valence-electron chi connectivity index (χ2n) is 2.52. The monoisotopic (exact) mass is 253 g/mol. The van der Waals surface area contributed by atoms with Crippen molar-refractivity contribution in [2.75, 3.05) is 0 Å². The van der Waals surface area contributed by atoms with E-state index >= 15 is 0 Å². The summed E-state index contributed by atoms with van der Waals surface area (Å²) in [6, 6.07) is 1.68. The Kier molecular flexibility index (Phi) is 5.32. The van der Waals surface area contributed by atoms with E-state index in [-0.39, 0.29) is 51.4 Å². The van der Waals surface area contributed by atoms with Gasteiger partial charge in [-0.05, 0) is 11.7 Å². The Morgan fingerprint density at radius 3 is 2.00 bits per heavy atom. The van der Waals surface area contributed by atoms with Gasteiger partial charge in [-0.3, -0.25) is 4.98 Å². The maximum absolute atomic E-state index is 12.0. The first-order valence-electron chi connectivity index (χ1n) is 3.45. The van der Waals surface area contributed by atoms with Crippen LogP contribution in [0.1, 0.15) is 5.69 Å². The van der Waals surface area contributed by atoms with Gasteiger partial charge in [-0.2, -0.15) is 13.2 Å². The summed E-state index contributed by atoms with van der Waals surface area (Å²) in [7, 11) is 0. The van der Waals surface area contributed by atoms with Crippen molar-refractivity contribution in [3.05, 3.63) is 23.9 Å². The van der Waals surface area contributed by atoms with Crippen LogP contribution in [0.4, 0.5) is 26.1 Å². The van der Waals surface area contributed by atoms with E-state index in [4.69, 9.17) is 0 Å². The van der Waals surface area contributed by atoms with Gasteiger partial charge in [0, 0.05) is 0 Å². The molecule has 0 aliphatic carbocycles. The molecule has 0 N–H and O–H groups in total. The summed E-state index contributed by atoms with van der Waals surface area (Å²) in [6.45, 7) is -5.49. The summed E-state index contributed by atoms with van der Waals surface area (Å²) in [4.78, 5) is 2.49. The Balaban J connectivity index is 0.00000196. The molecular weight excluding hydrogens is 250 g/mol. The molecule has 0 saturated carbocycles. The van der Waals surface area contributed by atoms with Crippen molar-refractivity contribution in [1.29, 1.82) is 0 Å². The van der Waals surface area contributed by atoms with Gasteiger partial charge in [-0.25, -0.2) is 0 Å². The Labute approximate surface area is 124 Å². The van der Waals surface area contributed by atoms with Gasteiger partial charge in [0.1, 0.15) is 5.69 Å². The molecule has 1 aromatic rings. The number of hydrogen-bond acceptors (Lipinski definition) is 1. The molecular formula is C6H3BF6KN. The van der Waals surface area contributed by atoms with Gasteiger partial charge >= 0.3 is 64.5 Å². The van der Waals surface area contributed by atoms with Crippen LogP contribution >= 0.6 is 0 Å². The van der Waals surface area contributed by atoms with Gasteiger partial charge in [0.15, 0.2) is 0 Å². The predicted molar refractivity (Wildman–Crippen MR) is 38.0 cm³/mol. The number of nitrogens with zero attached hydrogens (tertiary/aromatic N) is 1. The molecule has 0 atom stereocenters. The number of hydrogen-bond donors (Lipinski definition) is 0. The summed E-state index contributed by atoms with van der Waals surface area (Å²) in [5.41, 5.74) is -3.02. The van der Waals surface area contributed by atoms with Crippen LogP contribution in [0.25, 0.3) is 0 Å². The Bertz CT molecular complexity index is 306. The standard InChI is InChI=1S/C6H3BF6N.K/c8-6(9,10)4-2-1-3-5(14-4)7(11,12)13;/h1-3H;/q-1;+1. The van der Waals surface area contributed by atoms with Crippen molar-refractivity contribution < 1.29 is 77.5 Å². The van der Waals surface area contributed by atoms with Gasteiger partial charge in [-0.1, -0.05) is 12.1 Å². The number of pyridine rings is 1. The van der Waals surface area contributed by atoms with E-state index in [2.05, 4.69) is 4.98 Å². The maximum atomic E-state index is 12.0. The zero-order valence-corrected chi connectivity index (χ0v) is 10.6. The minimum Gasteiger partial charge on any atom is -0.444 e. The summed E-state index contributed by atoms with van der Waals surface area (Å²) in [5.74, 6) is 0. The van der Waals surface area contributed by atoms with Crippen LogP contribution in [0.2, 0.25) is 0 Å². The first-order chi connectivity index (χ1) is 6.21. The molecule has 1 nitrogen and oxygen atoms in total. The second kappa shape index (κ2) is 5.17. The Hall–Kier alpha value is 0.431. The molecule has 0 saturated heterocycles. The largest absolute Gasteiger partial charge is 1.00 e. The molecule has 0 amide bonds. The molecule has 0 fully saturated rings. The van der Waals surface area contributed by atoms with Gasteiger partial charge < -0.3 is 12.9 Å². The van der Waals surface area contributed by atoms with Crippen LogP contribution in [0.5, 0.6) is 0 Å². The first-order valence-corrected chi connectivity index (χ1v) is 3.45. The summed E-state index contributed by atoms with van der Waals surface area (Å²) >= 11 is 0. The molecule has 1 rings (SSSR count). The van der Waals surface area contributed by atoms with Gasteiger partial charge in [0.05, 0.1) is 0 Å². The number of aromatic nitrogens is 1. The van der Waals surface area contributed by atoms with E-state index in [0.29, 0.717) is 18.2 Å². The minimum absolute atomic E-state index is 0. The SMILES string of the molecule is F[B-](F)(F)c1cccc(C(F)(F)F)n1.[K+]. The van der Waals surface area contributed by atoms with Crippen LogP contribution in [0, 0.1) is 0 Å². The molecule has 78 valence electrons. The zero-order valence-electron chi connectivity index (χ0n) is 7.52. The molecule has 15 heavy (non-hydrogen) atoms. The molecule has 0 aliphatic rings. The maximum Gasteiger partial charge on any atom is 1.00 e. The molecule has 1 heterocycles. The van der Waals surface area contributed by atoms with Crippen molar-refractivity contribution in [2.24, 2.45) is 0 Å². The van der Waals surface area contributed by atoms with Crippen molar-refractivity contribution in [3.8, 4) is 0 Å². The number of halogens is 6. The second-order valence-corrected chi connectivity index (χ2v) is 2.52. The fourth-order valence-electron chi connectivity index (χ4n) is 0.792. The molecule has 0 aromatic carbocycles. The number of alkyl halides is 3. The van der Waals surface area contributed by atoms with E-state index < -0.39 is 24.4 Å². The smallest absolute Gasteiger partial charge is 0.444 e. The molecule has 0 bridgehead atoms. The predicted octanol–water partition coefficient (Wildman–Crippen LogP) is -0.841. The minimum atomic E-state index is -5.49. The fourth-order valence-corrected chi connectivity index (χ4v) is 0.792. The Morgan fingerprint density at radius 2 is 1.60 bits per heavy atom. The van der Waals surface area contributed by atoms with Gasteiger partial charge in [-0.15, -0.1) is 0 Å². The third-order valence-corrected chi connectivity index (χ3v) is 1.40. The molecule has 0 spiro atoms. The normalized spacial score (nSPS) is 12.1. The fraction of sp³-hybridized carbons (Fsp3) is 0.167. The van der Waals surface area contributed by atoms with Crippen LogP contribution in [0.15, 0.2) is 18.2 Å². The Morgan fingerprint density at radius 1 is 1.07 bits per heavy atom. The average Bonchev–Trinajstić information content (AvgIpc) is 2.01. The zero-order chi connectivity index (χ0) is 11.0. The molecule has 9 heteroatoms. The van der Waals surface area contributed by atoms with E-state index in [1.54, 1.807) is 0 Å². The molecule has 0 radical (unpaired) electrons. The van der Waals surface area contributed by atoms with E-state index in [1.807, 2.05) is 0 Å². The van der Waals surface area contributed by atoms with Crippen LogP contribution in [-0.4, -0.2) is 12.0 Å². The topological polar surface area (TPSA) is 12.9 Å². The number of rotatable bonds is 1. The van der Waals surface area contributed by atoms with Crippen LogP contribution < -0.4 is 57.0 Å². The summed E-state index contributed by atoms with van der Waals surface area (Å²) in [5, 5.41) is 0. The third-order valence-electron chi connectivity index (χ3n) is 1.40. The van der Waals surface area contributed by atoms with E-state index in [0.717, 1.165) is 0 Å². The molecule has 0 unspecified atom stereocenters. The third kappa shape index (κ3) is 4.43. The molecule has 0 aliphatic heterocycles. The average molecular weight is 253 g/mol. The first kappa shape index (κ1) is 15.4. The van der Waals surface area contributed by atoms with Crippen LogP contribution in [-0.2, 0) is 6.18 Å². The summed E-state index contributed by atoms with van der Waals surface area (Å²) in [6.07, 6.45) is -4.85. The van der Waals surface area contributed by atoms with Gasteiger partial charge in [0.25, 0.3) is 0 Å². The van der Waals surface area contributed by atoms with Crippen molar-refractivity contribution >= 4 is 12.6 Å². The quantitative estimate of drug-likeness (QED) is 0.469. The van der Waals surface area contributed by atoms with E-state index in [1.165, 1.54) is 0 Å². The van der Waals surface area contributed by atoms with E-state index in [9.17, 15) is 26.1 Å². The van der Waals surface area contributed by atoms with Crippen molar-refractivity contribution in [3.63, 3.8) is 0 Å².